The minimum Gasteiger partial charge on any atom is -0.444 e. The Kier molecular flexibility index (Phi) is 3.69. The highest BCUT2D eigenvalue weighted by atomic mass is 16.6. The van der Waals surface area contributed by atoms with Gasteiger partial charge in [0.1, 0.15) is 12.8 Å². The number of ether oxygens (including phenoxy) is 2. The van der Waals surface area contributed by atoms with E-state index >= 15 is 0 Å². The first-order chi connectivity index (χ1) is 9.34. The minimum absolute atomic E-state index is 0.0848. The van der Waals surface area contributed by atoms with Crippen LogP contribution >= 0.6 is 0 Å². The fourth-order valence-electron chi connectivity index (χ4n) is 2.89. The van der Waals surface area contributed by atoms with Crippen molar-refractivity contribution in [2.45, 2.75) is 44.4 Å². The molecule has 102 valence electrons. The molecule has 2 fully saturated rings. The van der Waals surface area contributed by atoms with E-state index in [1.807, 2.05) is 30.3 Å². The number of fused-ring (bicyclic) bond motifs is 1. The highest BCUT2D eigenvalue weighted by Crippen LogP contribution is 2.31. The van der Waals surface area contributed by atoms with E-state index in [1.54, 1.807) is 4.90 Å². The lowest BCUT2D eigenvalue weighted by Crippen LogP contribution is -2.39. The summed E-state index contributed by atoms with van der Waals surface area (Å²) in [4.78, 5) is 13.5. The van der Waals surface area contributed by atoms with Gasteiger partial charge >= 0.3 is 6.09 Å². The van der Waals surface area contributed by atoms with Gasteiger partial charge in [0.05, 0.1) is 12.6 Å². The molecule has 2 unspecified atom stereocenters. The molecule has 0 spiro atoms. The lowest BCUT2D eigenvalue weighted by Gasteiger charge is -2.27. The van der Waals surface area contributed by atoms with Crippen molar-refractivity contribution in [3.8, 4) is 0 Å². The zero-order valence-corrected chi connectivity index (χ0v) is 11.0. The fourth-order valence-corrected chi connectivity index (χ4v) is 2.89. The predicted octanol–water partition coefficient (Wildman–Crippen LogP) is 2.92. The number of nitrogens with zero attached hydrogens (tertiary/aromatic N) is 1. The number of carbonyl (C=O) groups is 1. The SMILES string of the molecule is O=C1OC2CCCCC2N1COCc1ccccc1. The molecule has 4 nitrogen and oxygen atoms in total. The molecule has 1 aliphatic heterocycles. The van der Waals surface area contributed by atoms with Crippen molar-refractivity contribution in [3.63, 3.8) is 0 Å². The predicted molar refractivity (Wildman–Crippen MR) is 70.5 cm³/mol. The molecular weight excluding hydrogens is 242 g/mol. The van der Waals surface area contributed by atoms with E-state index < -0.39 is 0 Å². The summed E-state index contributed by atoms with van der Waals surface area (Å²) in [7, 11) is 0. The molecule has 3 rings (SSSR count). The first kappa shape index (κ1) is 12.5. The first-order valence-corrected chi connectivity index (χ1v) is 6.93. The summed E-state index contributed by atoms with van der Waals surface area (Å²) in [5, 5.41) is 0. The Morgan fingerprint density at radius 3 is 2.84 bits per heavy atom. The summed E-state index contributed by atoms with van der Waals surface area (Å²) in [6.45, 7) is 0.858. The maximum absolute atomic E-state index is 11.8. The van der Waals surface area contributed by atoms with Gasteiger partial charge in [0.15, 0.2) is 0 Å². The molecule has 0 N–H and O–H groups in total. The number of amides is 1. The van der Waals surface area contributed by atoms with Crippen molar-refractivity contribution >= 4 is 6.09 Å². The third-order valence-corrected chi connectivity index (χ3v) is 3.90. The van der Waals surface area contributed by atoms with Gasteiger partial charge in [-0.1, -0.05) is 36.8 Å². The Hall–Kier alpha value is -1.55. The quantitative estimate of drug-likeness (QED) is 0.836. The Labute approximate surface area is 113 Å². The van der Waals surface area contributed by atoms with Crippen molar-refractivity contribution in [2.75, 3.05) is 6.73 Å². The van der Waals surface area contributed by atoms with Crippen LogP contribution in [0.1, 0.15) is 31.2 Å². The summed E-state index contributed by atoms with van der Waals surface area (Å²) in [6, 6.07) is 10.2. The number of carbonyl (C=O) groups excluding carboxylic acids is 1. The van der Waals surface area contributed by atoms with E-state index in [4.69, 9.17) is 9.47 Å². The normalized spacial score (nSPS) is 26.1. The highest BCUT2D eigenvalue weighted by molar-refractivity contribution is 5.70. The lowest BCUT2D eigenvalue weighted by molar-refractivity contribution is 0.0236. The number of rotatable bonds is 4. The molecule has 1 aromatic carbocycles. The molecule has 1 heterocycles. The van der Waals surface area contributed by atoms with E-state index in [2.05, 4.69) is 0 Å². The second-order valence-electron chi connectivity index (χ2n) is 5.21. The van der Waals surface area contributed by atoms with Crippen molar-refractivity contribution < 1.29 is 14.3 Å². The molecule has 1 saturated carbocycles. The van der Waals surface area contributed by atoms with Gasteiger partial charge in [-0.05, 0) is 24.8 Å². The summed E-state index contributed by atoms with van der Waals surface area (Å²) < 4.78 is 11.0. The van der Waals surface area contributed by atoms with Gasteiger partial charge in [-0.2, -0.15) is 0 Å². The van der Waals surface area contributed by atoms with Crippen LogP contribution in [0.25, 0.3) is 0 Å². The Morgan fingerprint density at radius 2 is 2.00 bits per heavy atom. The third-order valence-electron chi connectivity index (χ3n) is 3.90. The Morgan fingerprint density at radius 1 is 1.21 bits per heavy atom. The van der Waals surface area contributed by atoms with E-state index in [1.165, 1.54) is 6.42 Å². The molecule has 2 atom stereocenters. The third kappa shape index (κ3) is 2.73. The van der Waals surface area contributed by atoms with Crippen LogP contribution in [-0.4, -0.2) is 29.9 Å². The van der Waals surface area contributed by atoms with Crippen LogP contribution < -0.4 is 0 Å². The van der Waals surface area contributed by atoms with Crippen LogP contribution in [0.5, 0.6) is 0 Å². The van der Waals surface area contributed by atoms with Crippen LogP contribution in [0.2, 0.25) is 0 Å². The highest BCUT2D eigenvalue weighted by Gasteiger charge is 2.42. The maximum atomic E-state index is 11.8. The fraction of sp³-hybridized carbons (Fsp3) is 0.533. The van der Waals surface area contributed by atoms with Gasteiger partial charge in [-0.3, -0.25) is 4.90 Å². The standard InChI is InChI=1S/C15H19NO3/c17-15-16(13-8-4-5-9-14(13)19-15)11-18-10-12-6-2-1-3-7-12/h1-3,6-7,13-14H,4-5,8-11H2. The van der Waals surface area contributed by atoms with Gasteiger partial charge in [-0.25, -0.2) is 4.79 Å². The van der Waals surface area contributed by atoms with E-state index in [0.29, 0.717) is 13.3 Å². The Balaban J connectivity index is 1.53. The molecule has 0 bridgehead atoms. The smallest absolute Gasteiger partial charge is 0.412 e. The van der Waals surface area contributed by atoms with Crippen molar-refractivity contribution in [3.05, 3.63) is 35.9 Å². The summed E-state index contributed by atoms with van der Waals surface area (Å²) in [5.74, 6) is 0. The molecule has 1 saturated heterocycles. The molecule has 0 radical (unpaired) electrons. The molecule has 1 amide bonds. The molecule has 2 aliphatic rings. The van der Waals surface area contributed by atoms with Gasteiger partial charge in [-0.15, -0.1) is 0 Å². The van der Waals surface area contributed by atoms with Crippen LogP contribution in [-0.2, 0) is 16.1 Å². The van der Waals surface area contributed by atoms with Crippen molar-refractivity contribution in [1.29, 1.82) is 0 Å². The minimum atomic E-state index is -0.218. The lowest BCUT2D eigenvalue weighted by atomic mass is 9.93. The summed E-state index contributed by atoms with van der Waals surface area (Å²) in [6.07, 6.45) is 4.23. The zero-order valence-electron chi connectivity index (χ0n) is 11.0. The largest absolute Gasteiger partial charge is 0.444 e. The average molecular weight is 261 g/mol. The average Bonchev–Trinajstić information content (AvgIpc) is 2.76. The maximum Gasteiger partial charge on any atom is 0.412 e. The topological polar surface area (TPSA) is 38.8 Å². The van der Waals surface area contributed by atoms with Gasteiger partial charge in [0.25, 0.3) is 0 Å². The molecule has 1 aromatic rings. The van der Waals surface area contributed by atoms with Gasteiger partial charge in [0, 0.05) is 0 Å². The molecule has 0 aromatic heterocycles. The van der Waals surface area contributed by atoms with Gasteiger partial charge < -0.3 is 9.47 Å². The monoisotopic (exact) mass is 261 g/mol. The van der Waals surface area contributed by atoms with Gasteiger partial charge in [0.2, 0.25) is 0 Å². The number of benzene rings is 1. The van der Waals surface area contributed by atoms with Crippen LogP contribution in [0.15, 0.2) is 30.3 Å². The van der Waals surface area contributed by atoms with Crippen LogP contribution in [0.4, 0.5) is 4.79 Å². The second kappa shape index (κ2) is 5.61. The number of hydrogen-bond acceptors (Lipinski definition) is 3. The molecule has 4 heteroatoms. The molecule has 1 aliphatic carbocycles. The molecular formula is C15H19NO3. The van der Waals surface area contributed by atoms with E-state index in [9.17, 15) is 4.79 Å². The zero-order chi connectivity index (χ0) is 13.1. The Bertz CT molecular complexity index is 434. The second-order valence-corrected chi connectivity index (χ2v) is 5.21. The van der Waals surface area contributed by atoms with Crippen LogP contribution in [0.3, 0.4) is 0 Å². The first-order valence-electron chi connectivity index (χ1n) is 6.93. The van der Waals surface area contributed by atoms with Crippen molar-refractivity contribution in [1.82, 2.24) is 4.90 Å². The van der Waals surface area contributed by atoms with Crippen LogP contribution in [0, 0.1) is 0 Å². The molecule has 19 heavy (non-hydrogen) atoms. The number of hydrogen-bond donors (Lipinski definition) is 0. The van der Waals surface area contributed by atoms with E-state index in [0.717, 1.165) is 24.8 Å². The van der Waals surface area contributed by atoms with Crippen molar-refractivity contribution in [2.24, 2.45) is 0 Å². The van der Waals surface area contributed by atoms with E-state index in [-0.39, 0.29) is 18.2 Å². The summed E-state index contributed by atoms with van der Waals surface area (Å²) >= 11 is 0. The summed E-state index contributed by atoms with van der Waals surface area (Å²) in [5.41, 5.74) is 1.12.